The number of likely N-dealkylation sites (N-methyl/N-ethyl adjacent to an activating group) is 1. The van der Waals surface area contributed by atoms with Gasteiger partial charge in [-0.25, -0.2) is 0 Å². The van der Waals surface area contributed by atoms with E-state index in [1.165, 1.54) is 12.0 Å². The highest BCUT2D eigenvalue weighted by molar-refractivity contribution is 5.96. The highest BCUT2D eigenvalue weighted by Gasteiger charge is 2.18. The largest absolute Gasteiger partial charge is 0.383 e. The number of anilines is 1. The smallest absolute Gasteiger partial charge is 0.246 e. The maximum Gasteiger partial charge on any atom is 0.246 e. The molecule has 0 aliphatic rings. The molecular weight excluding hydrogens is 194 g/mol. The molecule has 1 atom stereocenters. The van der Waals surface area contributed by atoms with Crippen LogP contribution in [0.4, 0.5) is 5.69 Å². The number of hydrogen-bond donors (Lipinski definition) is 1. The minimum atomic E-state index is -0.631. The van der Waals surface area contributed by atoms with Gasteiger partial charge in [0.2, 0.25) is 5.91 Å². The summed E-state index contributed by atoms with van der Waals surface area (Å²) < 4.78 is 4.83. The summed E-state index contributed by atoms with van der Waals surface area (Å²) in [6.07, 6.45) is 3.25. The van der Waals surface area contributed by atoms with E-state index in [1.54, 1.807) is 31.6 Å². The Morgan fingerprint density at radius 2 is 2.20 bits per heavy atom. The molecule has 1 rings (SSSR count). The van der Waals surface area contributed by atoms with Crippen molar-refractivity contribution in [3.05, 3.63) is 24.5 Å². The highest BCUT2D eigenvalue weighted by atomic mass is 16.5. The number of aromatic nitrogens is 1. The standard InChI is InChI=1S/C10H15N3O2/c1-13(8-3-5-12-6-4-8)10(14)9(11)7-15-2/h3-6,9H,7,11H2,1-2H3. The monoisotopic (exact) mass is 209 g/mol. The molecule has 1 heterocycles. The zero-order chi connectivity index (χ0) is 11.3. The Morgan fingerprint density at radius 3 is 2.73 bits per heavy atom. The fourth-order valence-corrected chi connectivity index (χ4v) is 1.19. The summed E-state index contributed by atoms with van der Waals surface area (Å²) in [7, 11) is 3.19. The van der Waals surface area contributed by atoms with Gasteiger partial charge in [0.05, 0.1) is 6.61 Å². The van der Waals surface area contributed by atoms with Crippen molar-refractivity contribution in [3.63, 3.8) is 0 Å². The predicted octanol–water partition coefficient (Wildman–Crippen LogP) is 0.0181. The van der Waals surface area contributed by atoms with Gasteiger partial charge in [0, 0.05) is 32.2 Å². The van der Waals surface area contributed by atoms with Crippen LogP contribution < -0.4 is 10.6 Å². The lowest BCUT2D eigenvalue weighted by molar-refractivity contribution is -0.120. The van der Waals surface area contributed by atoms with Crippen molar-refractivity contribution in [2.24, 2.45) is 5.73 Å². The summed E-state index contributed by atoms with van der Waals surface area (Å²) in [6.45, 7) is 0.217. The Morgan fingerprint density at radius 1 is 1.60 bits per heavy atom. The maximum atomic E-state index is 11.7. The first kappa shape index (κ1) is 11.6. The Hall–Kier alpha value is -1.46. The van der Waals surface area contributed by atoms with E-state index in [1.807, 2.05) is 0 Å². The van der Waals surface area contributed by atoms with Crippen LogP contribution in [-0.4, -0.2) is 37.7 Å². The Kier molecular flexibility index (Phi) is 4.20. The fourth-order valence-electron chi connectivity index (χ4n) is 1.19. The van der Waals surface area contributed by atoms with Crippen molar-refractivity contribution in [1.82, 2.24) is 4.98 Å². The minimum Gasteiger partial charge on any atom is -0.383 e. The third-order valence-corrected chi connectivity index (χ3v) is 2.04. The first-order valence-corrected chi connectivity index (χ1v) is 4.59. The van der Waals surface area contributed by atoms with E-state index >= 15 is 0 Å². The molecule has 5 heteroatoms. The SMILES string of the molecule is COCC(N)C(=O)N(C)c1ccncc1. The zero-order valence-corrected chi connectivity index (χ0v) is 8.88. The molecule has 0 aliphatic carbocycles. The molecule has 5 nitrogen and oxygen atoms in total. The lowest BCUT2D eigenvalue weighted by atomic mass is 10.2. The molecule has 0 aromatic carbocycles. The summed E-state index contributed by atoms with van der Waals surface area (Å²) in [5.41, 5.74) is 6.40. The fraction of sp³-hybridized carbons (Fsp3) is 0.400. The highest BCUT2D eigenvalue weighted by Crippen LogP contribution is 2.10. The van der Waals surface area contributed by atoms with Crippen LogP contribution in [0.2, 0.25) is 0 Å². The van der Waals surface area contributed by atoms with Crippen LogP contribution in [0.15, 0.2) is 24.5 Å². The van der Waals surface area contributed by atoms with Gasteiger partial charge in [-0.05, 0) is 12.1 Å². The number of carbonyl (C=O) groups excluding carboxylic acids is 1. The first-order chi connectivity index (χ1) is 7.16. The predicted molar refractivity (Wildman–Crippen MR) is 57.5 cm³/mol. The van der Waals surface area contributed by atoms with Gasteiger partial charge in [-0.3, -0.25) is 9.78 Å². The van der Waals surface area contributed by atoms with Gasteiger partial charge in [0.25, 0.3) is 0 Å². The molecule has 1 aromatic rings. The molecule has 15 heavy (non-hydrogen) atoms. The Bertz CT molecular complexity index is 316. The van der Waals surface area contributed by atoms with Crippen LogP contribution in [0.25, 0.3) is 0 Å². The number of hydrogen-bond acceptors (Lipinski definition) is 4. The lowest BCUT2D eigenvalue weighted by Crippen LogP contribution is -2.44. The van der Waals surface area contributed by atoms with E-state index < -0.39 is 6.04 Å². The van der Waals surface area contributed by atoms with Crippen LogP contribution in [0.3, 0.4) is 0 Å². The number of nitrogens with zero attached hydrogens (tertiary/aromatic N) is 2. The van der Waals surface area contributed by atoms with Gasteiger partial charge in [-0.15, -0.1) is 0 Å². The molecule has 0 saturated heterocycles. The van der Waals surface area contributed by atoms with Crippen molar-refractivity contribution in [3.8, 4) is 0 Å². The summed E-state index contributed by atoms with van der Waals surface area (Å²) in [5, 5.41) is 0. The quantitative estimate of drug-likeness (QED) is 0.759. The molecule has 82 valence electrons. The summed E-state index contributed by atoms with van der Waals surface area (Å²) in [6, 6.07) is 2.86. The van der Waals surface area contributed by atoms with E-state index in [2.05, 4.69) is 4.98 Å². The van der Waals surface area contributed by atoms with E-state index in [-0.39, 0.29) is 12.5 Å². The van der Waals surface area contributed by atoms with Gasteiger partial charge < -0.3 is 15.4 Å². The number of methoxy groups -OCH3 is 1. The summed E-state index contributed by atoms with van der Waals surface area (Å²) in [4.78, 5) is 17.1. The second-order valence-electron chi connectivity index (χ2n) is 3.16. The van der Waals surface area contributed by atoms with Crippen molar-refractivity contribution in [2.75, 3.05) is 25.7 Å². The normalized spacial score (nSPS) is 12.2. The molecule has 2 N–H and O–H groups in total. The van der Waals surface area contributed by atoms with Gasteiger partial charge >= 0.3 is 0 Å². The number of rotatable bonds is 4. The average molecular weight is 209 g/mol. The molecule has 0 bridgehead atoms. The Labute approximate surface area is 88.9 Å². The van der Waals surface area contributed by atoms with Gasteiger partial charge in [-0.1, -0.05) is 0 Å². The molecular formula is C10H15N3O2. The molecule has 0 radical (unpaired) electrons. The van der Waals surface area contributed by atoms with Crippen molar-refractivity contribution >= 4 is 11.6 Å². The Balaban J connectivity index is 2.69. The second-order valence-corrected chi connectivity index (χ2v) is 3.16. The number of nitrogens with two attached hydrogens (primary N) is 1. The van der Waals surface area contributed by atoms with Crippen LogP contribution in [0, 0.1) is 0 Å². The van der Waals surface area contributed by atoms with Crippen LogP contribution in [-0.2, 0) is 9.53 Å². The van der Waals surface area contributed by atoms with Crippen LogP contribution in [0.5, 0.6) is 0 Å². The molecule has 0 spiro atoms. The van der Waals surface area contributed by atoms with E-state index in [4.69, 9.17) is 10.5 Å². The summed E-state index contributed by atoms with van der Waals surface area (Å²) >= 11 is 0. The van der Waals surface area contributed by atoms with Crippen LogP contribution >= 0.6 is 0 Å². The second kappa shape index (κ2) is 5.43. The average Bonchev–Trinajstić information content (AvgIpc) is 2.28. The molecule has 0 aliphatic heterocycles. The molecule has 1 unspecified atom stereocenters. The number of pyridine rings is 1. The van der Waals surface area contributed by atoms with Crippen molar-refractivity contribution in [1.29, 1.82) is 0 Å². The topological polar surface area (TPSA) is 68.5 Å². The first-order valence-electron chi connectivity index (χ1n) is 4.59. The van der Waals surface area contributed by atoms with E-state index in [0.717, 1.165) is 5.69 Å². The van der Waals surface area contributed by atoms with Gasteiger partial charge in [-0.2, -0.15) is 0 Å². The minimum absolute atomic E-state index is 0.178. The van der Waals surface area contributed by atoms with Crippen molar-refractivity contribution in [2.45, 2.75) is 6.04 Å². The third kappa shape index (κ3) is 3.00. The third-order valence-electron chi connectivity index (χ3n) is 2.04. The summed E-state index contributed by atoms with van der Waals surface area (Å²) in [5.74, 6) is -0.178. The van der Waals surface area contributed by atoms with Crippen LogP contribution in [0.1, 0.15) is 0 Å². The molecule has 1 amide bonds. The molecule has 0 fully saturated rings. The number of carbonyl (C=O) groups is 1. The zero-order valence-electron chi connectivity index (χ0n) is 8.88. The lowest BCUT2D eigenvalue weighted by Gasteiger charge is -2.20. The van der Waals surface area contributed by atoms with Gasteiger partial charge in [0.1, 0.15) is 6.04 Å². The van der Waals surface area contributed by atoms with Crippen molar-refractivity contribution < 1.29 is 9.53 Å². The van der Waals surface area contributed by atoms with Gasteiger partial charge in [0.15, 0.2) is 0 Å². The molecule has 0 saturated carbocycles. The van der Waals surface area contributed by atoms with E-state index in [9.17, 15) is 4.79 Å². The van der Waals surface area contributed by atoms with E-state index in [0.29, 0.717) is 0 Å². The number of ether oxygens (including phenoxy) is 1. The molecule has 1 aromatic heterocycles. The maximum absolute atomic E-state index is 11.7. The number of amides is 1.